The molecule has 4 N–H and O–H groups in total. The van der Waals surface area contributed by atoms with Crippen LogP contribution in [0, 0.1) is 5.92 Å². The maximum absolute atomic E-state index is 10.3. The molecule has 7 nitrogen and oxygen atoms in total. The second-order valence-electron chi connectivity index (χ2n) is 4.79. The van der Waals surface area contributed by atoms with Crippen LogP contribution in [0.4, 0.5) is 0 Å². The molecular formula is C12H22O7. The van der Waals surface area contributed by atoms with Gasteiger partial charge in [0.15, 0.2) is 6.29 Å². The molecule has 0 aromatic heterocycles. The lowest BCUT2D eigenvalue weighted by Crippen LogP contribution is -2.55. The average Bonchev–Trinajstić information content (AvgIpc) is 2.37. The quantitative estimate of drug-likeness (QED) is 0.456. The van der Waals surface area contributed by atoms with E-state index in [1.165, 1.54) is 0 Å². The monoisotopic (exact) mass is 278 g/mol. The van der Waals surface area contributed by atoms with Gasteiger partial charge in [-0.05, 0) is 12.8 Å². The van der Waals surface area contributed by atoms with Gasteiger partial charge < -0.3 is 29.9 Å². The number of rotatable bonds is 7. The predicted octanol–water partition coefficient (Wildman–Crippen LogP) is -0.667. The van der Waals surface area contributed by atoms with Crippen molar-refractivity contribution in [2.45, 2.75) is 50.8 Å². The van der Waals surface area contributed by atoms with Crippen molar-refractivity contribution in [3.63, 3.8) is 0 Å². The van der Waals surface area contributed by atoms with Crippen molar-refractivity contribution >= 4 is 5.97 Å². The zero-order valence-corrected chi connectivity index (χ0v) is 10.9. The van der Waals surface area contributed by atoms with Gasteiger partial charge in [0.2, 0.25) is 0 Å². The van der Waals surface area contributed by atoms with Gasteiger partial charge in [0.1, 0.15) is 12.2 Å². The smallest absolute Gasteiger partial charge is 0.303 e. The molecule has 0 radical (unpaired) electrons. The molecule has 0 amide bonds. The Balaban J connectivity index is 2.33. The van der Waals surface area contributed by atoms with E-state index in [9.17, 15) is 15.0 Å². The molecule has 19 heavy (non-hydrogen) atoms. The SMILES string of the molecule is CC1C(OCCCCC(=O)O)OC(CO)C(O)C1O. The van der Waals surface area contributed by atoms with Crippen molar-refractivity contribution in [3.8, 4) is 0 Å². The molecule has 0 aliphatic carbocycles. The van der Waals surface area contributed by atoms with Crippen LogP contribution in [0.3, 0.4) is 0 Å². The van der Waals surface area contributed by atoms with Gasteiger partial charge in [0.25, 0.3) is 0 Å². The van der Waals surface area contributed by atoms with Crippen LogP contribution in [0.15, 0.2) is 0 Å². The number of aliphatic carboxylic acids is 1. The molecule has 0 bridgehead atoms. The normalized spacial score (nSPS) is 35.3. The molecule has 1 rings (SSSR count). The molecule has 0 saturated carbocycles. The van der Waals surface area contributed by atoms with E-state index in [-0.39, 0.29) is 6.42 Å². The van der Waals surface area contributed by atoms with Gasteiger partial charge in [-0.1, -0.05) is 6.92 Å². The van der Waals surface area contributed by atoms with E-state index in [1.54, 1.807) is 6.92 Å². The van der Waals surface area contributed by atoms with Gasteiger partial charge in [0.05, 0.1) is 12.7 Å². The van der Waals surface area contributed by atoms with E-state index in [4.69, 9.17) is 19.7 Å². The third-order valence-electron chi connectivity index (χ3n) is 3.25. The number of hydrogen-bond acceptors (Lipinski definition) is 6. The minimum atomic E-state index is -1.13. The average molecular weight is 278 g/mol. The highest BCUT2D eigenvalue weighted by molar-refractivity contribution is 5.66. The third kappa shape index (κ3) is 4.70. The molecule has 5 atom stereocenters. The van der Waals surface area contributed by atoms with Gasteiger partial charge in [-0.3, -0.25) is 4.79 Å². The Kier molecular flexibility index (Phi) is 6.67. The molecule has 112 valence electrons. The Morgan fingerprint density at radius 3 is 2.53 bits per heavy atom. The number of ether oxygens (including phenoxy) is 2. The molecule has 1 aliphatic heterocycles. The Morgan fingerprint density at radius 2 is 1.95 bits per heavy atom. The minimum Gasteiger partial charge on any atom is -0.481 e. The fraction of sp³-hybridized carbons (Fsp3) is 0.917. The number of unbranched alkanes of at least 4 members (excludes halogenated alkanes) is 1. The van der Waals surface area contributed by atoms with Crippen molar-refractivity contribution in [3.05, 3.63) is 0 Å². The Labute approximate surface area is 111 Å². The Bertz CT molecular complexity index is 281. The first-order chi connectivity index (χ1) is 8.97. The van der Waals surface area contributed by atoms with Gasteiger partial charge in [-0.15, -0.1) is 0 Å². The Morgan fingerprint density at radius 1 is 1.26 bits per heavy atom. The van der Waals surface area contributed by atoms with E-state index >= 15 is 0 Å². The van der Waals surface area contributed by atoms with Gasteiger partial charge >= 0.3 is 5.97 Å². The molecule has 1 heterocycles. The predicted molar refractivity (Wildman–Crippen MR) is 64.4 cm³/mol. The molecular weight excluding hydrogens is 256 g/mol. The van der Waals surface area contributed by atoms with Crippen molar-refractivity contribution in [1.29, 1.82) is 0 Å². The van der Waals surface area contributed by atoms with E-state index in [0.29, 0.717) is 19.4 Å². The number of carboxylic acid groups (broad SMARTS) is 1. The summed E-state index contributed by atoms with van der Waals surface area (Å²) in [5.74, 6) is -1.27. The van der Waals surface area contributed by atoms with Crippen LogP contribution in [-0.2, 0) is 14.3 Å². The fourth-order valence-corrected chi connectivity index (χ4v) is 1.99. The fourth-order valence-electron chi connectivity index (χ4n) is 1.99. The second-order valence-corrected chi connectivity index (χ2v) is 4.79. The largest absolute Gasteiger partial charge is 0.481 e. The van der Waals surface area contributed by atoms with Crippen LogP contribution >= 0.6 is 0 Å². The van der Waals surface area contributed by atoms with Crippen LogP contribution in [0.2, 0.25) is 0 Å². The summed E-state index contributed by atoms with van der Waals surface area (Å²) in [6.07, 6.45) is -2.56. The number of aliphatic hydroxyl groups is 3. The van der Waals surface area contributed by atoms with Crippen molar-refractivity contribution < 1.29 is 34.7 Å². The third-order valence-corrected chi connectivity index (χ3v) is 3.25. The van der Waals surface area contributed by atoms with Crippen LogP contribution in [0.5, 0.6) is 0 Å². The maximum atomic E-state index is 10.3. The van der Waals surface area contributed by atoms with Crippen LogP contribution < -0.4 is 0 Å². The number of carboxylic acids is 1. The first-order valence-corrected chi connectivity index (χ1v) is 6.43. The summed E-state index contributed by atoms with van der Waals surface area (Å²) in [5, 5.41) is 37.0. The highest BCUT2D eigenvalue weighted by Crippen LogP contribution is 2.26. The molecule has 0 aromatic carbocycles. The molecule has 1 saturated heterocycles. The highest BCUT2D eigenvalue weighted by atomic mass is 16.7. The maximum Gasteiger partial charge on any atom is 0.303 e. The van der Waals surface area contributed by atoms with Gasteiger partial charge in [-0.25, -0.2) is 0 Å². The first kappa shape index (κ1) is 16.3. The van der Waals surface area contributed by atoms with E-state index in [0.717, 1.165) is 0 Å². The summed E-state index contributed by atoms with van der Waals surface area (Å²) in [4.78, 5) is 10.3. The zero-order chi connectivity index (χ0) is 14.4. The first-order valence-electron chi connectivity index (χ1n) is 6.43. The summed E-state index contributed by atoms with van der Waals surface area (Å²) in [6.45, 7) is 1.59. The van der Waals surface area contributed by atoms with Crippen molar-refractivity contribution in [2.75, 3.05) is 13.2 Å². The molecule has 1 fully saturated rings. The number of hydrogen-bond donors (Lipinski definition) is 4. The molecule has 1 aliphatic rings. The zero-order valence-electron chi connectivity index (χ0n) is 10.9. The van der Waals surface area contributed by atoms with Gasteiger partial charge in [0, 0.05) is 18.9 Å². The second kappa shape index (κ2) is 7.76. The summed E-state index contributed by atoms with van der Waals surface area (Å²) in [5.41, 5.74) is 0. The van der Waals surface area contributed by atoms with Gasteiger partial charge in [-0.2, -0.15) is 0 Å². The van der Waals surface area contributed by atoms with Crippen LogP contribution in [-0.4, -0.2) is 64.2 Å². The minimum absolute atomic E-state index is 0.0883. The van der Waals surface area contributed by atoms with Crippen LogP contribution in [0.25, 0.3) is 0 Å². The molecule has 7 heteroatoms. The van der Waals surface area contributed by atoms with Crippen LogP contribution in [0.1, 0.15) is 26.2 Å². The van der Waals surface area contributed by atoms with E-state index in [2.05, 4.69) is 0 Å². The summed E-state index contributed by atoms with van der Waals surface area (Å²) in [6, 6.07) is 0. The molecule has 0 spiro atoms. The summed E-state index contributed by atoms with van der Waals surface area (Å²) < 4.78 is 10.8. The van der Waals surface area contributed by atoms with Crippen molar-refractivity contribution in [1.82, 2.24) is 0 Å². The lowest BCUT2D eigenvalue weighted by Gasteiger charge is -2.40. The molecule has 0 aromatic rings. The van der Waals surface area contributed by atoms with Crippen molar-refractivity contribution in [2.24, 2.45) is 5.92 Å². The standard InChI is InChI=1S/C12H22O7/c1-7-10(16)11(17)8(6-13)19-12(7)18-5-3-2-4-9(14)15/h7-8,10-13,16-17H,2-6H2,1H3,(H,14,15). The summed E-state index contributed by atoms with van der Waals surface area (Å²) >= 11 is 0. The summed E-state index contributed by atoms with van der Waals surface area (Å²) in [7, 11) is 0. The molecule has 5 unspecified atom stereocenters. The van der Waals surface area contributed by atoms with E-state index in [1.807, 2.05) is 0 Å². The van der Waals surface area contributed by atoms with E-state index < -0.39 is 43.1 Å². The number of aliphatic hydroxyl groups excluding tert-OH is 3. The highest BCUT2D eigenvalue weighted by Gasteiger charge is 2.42. The topological polar surface area (TPSA) is 116 Å². The Hall–Kier alpha value is -0.730. The number of carbonyl (C=O) groups is 1. The lowest BCUT2D eigenvalue weighted by molar-refractivity contribution is -0.282. The lowest BCUT2D eigenvalue weighted by atomic mass is 9.92.